The molecule has 0 rings (SSSR count). The second kappa shape index (κ2) is 29.0. The molecular weight excluding hydrogens is 386 g/mol. The molecule has 1 nitrogen and oxygen atoms in total. The number of rotatable bonds is 24. The van der Waals surface area contributed by atoms with Crippen molar-refractivity contribution in [2.45, 2.75) is 149 Å². The number of unbranched alkanes of at least 4 members (excludes halogenated alkanes) is 18. The molecule has 1 N–H and O–H groups in total. The highest BCUT2D eigenvalue weighted by molar-refractivity contribution is 4.75. The van der Waals surface area contributed by atoms with E-state index in [1.165, 1.54) is 148 Å². The predicted octanol–water partition coefficient (Wildman–Crippen LogP) is 5.29. The molecule has 30 heavy (non-hydrogen) atoms. The first-order valence-corrected chi connectivity index (χ1v) is 13.8. The highest BCUT2D eigenvalue weighted by Crippen LogP contribution is 2.11. The van der Waals surface area contributed by atoms with Crippen LogP contribution in [-0.2, 0) is 0 Å². The normalized spacial score (nSPS) is 11.5. The molecule has 0 amide bonds. The van der Waals surface area contributed by atoms with Gasteiger partial charge in [0.15, 0.2) is 0 Å². The molecule has 0 unspecified atom stereocenters. The Kier molecular flexibility index (Phi) is 31.1. The van der Waals surface area contributed by atoms with E-state index in [4.69, 9.17) is 0 Å². The van der Waals surface area contributed by atoms with Gasteiger partial charge in [0.05, 0.1) is 19.6 Å². The van der Waals surface area contributed by atoms with Gasteiger partial charge in [0.1, 0.15) is 0 Å². The summed E-state index contributed by atoms with van der Waals surface area (Å²) in [6.45, 7) is 10.8. The molecule has 0 aliphatic carbocycles. The molecule has 0 heterocycles. The van der Waals surface area contributed by atoms with Crippen molar-refractivity contribution >= 4 is 0 Å². The van der Waals surface area contributed by atoms with Crippen LogP contribution in [0.4, 0.5) is 0 Å². The van der Waals surface area contributed by atoms with Crippen LogP contribution in [0.15, 0.2) is 12.2 Å². The molecule has 0 saturated heterocycles. The van der Waals surface area contributed by atoms with Gasteiger partial charge in [-0.3, -0.25) is 0 Å². The summed E-state index contributed by atoms with van der Waals surface area (Å²) in [7, 11) is 0. The maximum atomic E-state index is 2.38. The summed E-state index contributed by atoms with van der Waals surface area (Å²) in [6.07, 6.45) is 33.6. The quantitative estimate of drug-likeness (QED) is 0.152. The lowest BCUT2D eigenvalue weighted by atomic mass is 10.1. The summed E-state index contributed by atoms with van der Waals surface area (Å²) in [4.78, 5) is 1.82. The fraction of sp³-hybridized carbons (Fsp3) is 0.929. The Morgan fingerprint density at radius 1 is 0.467 bits per heavy atom. The van der Waals surface area contributed by atoms with Crippen molar-refractivity contribution in [2.75, 3.05) is 19.6 Å². The Morgan fingerprint density at radius 2 is 0.767 bits per heavy atom. The Bertz CT molecular complexity index is 292. The average molecular weight is 444 g/mol. The van der Waals surface area contributed by atoms with Gasteiger partial charge in [-0.2, -0.15) is 0 Å². The summed E-state index contributed by atoms with van der Waals surface area (Å²) in [5.41, 5.74) is 0. The van der Waals surface area contributed by atoms with Crippen LogP contribution in [0.25, 0.3) is 0 Å². The van der Waals surface area contributed by atoms with Gasteiger partial charge in [0.2, 0.25) is 0 Å². The summed E-state index contributed by atoms with van der Waals surface area (Å²) >= 11 is 0. The smallest absolute Gasteiger partial charge is 0.0957 e. The fourth-order valence-corrected chi connectivity index (χ4v) is 4.34. The maximum absolute atomic E-state index is 2.38. The van der Waals surface area contributed by atoms with Crippen LogP contribution in [-0.4, -0.2) is 19.6 Å². The number of quaternary nitrogens is 1. The molecule has 182 valence electrons. The second-order valence-corrected chi connectivity index (χ2v) is 9.39. The molecule has 2 heteroatoms. The van der Waals surface area contributed by atoms with E-state index in [9.17, 15) is 0 Å². The van der Waals surface area contributed by atoms with Crippen LogP contribution < -0.4 is 17.3 Å². The van der Waals surface area contributed by atoms with Crippen LogP contribution in [0.1, 0.15) is 149 Å². The van der Waals surface area contributed by atoms with Gasteiger partial charge in [-0.05, 0) is 38.7 Å². The lowest BCUT2D eigenvalue weighted by molar-refractivity contribution is -0.894. The third-order valence-corrected chi connectivity index (χ3v) is 6.41. The van der Waals surface area contributed by atoms with Gasteiger partial charge >= 0.3 is 0 Å². The van der Waals surface area contributed by atoms with Crippen molar-refractivity contribution in [3.05, 3.63) is 12.2 Å². The van der Waals surface area contributed by atoms with Crippen LogP contribution in [0.3, 0.4) is 0 Å². The van der Waals surface area contributed by atoms with Crippen molar-refractivity contribution in [1.29, 1.82) is 0 Å². The zero-order valence-electron chi connectivity index (χ0n) is 21.3. The summed E-state index contributed by atoms with van der Waals surface area (Å²) in [6, 6.07) is 0. The molecule has 0 fully saturated rings. The van der Waals surface area contributed by atoms with Crippen molar-refractivity contribution in [1.82, 2.24) is 0 Å². The van der Waals surface area contributed by atoms with Crippen molar-refractivity contribution < 1.29 is 17.3 Å². The zero-order chi connectivity index (χ0) is 21.3. The van der Waals surface area contributed by atoms with E-state index in [0.29, 0.717) is 0 Å². The van der Waals surface area contributed by atoms with Gasteiger partial charge in [0.25, 0.3) is 0 Å². The molecule has 0 saturated carbocycles. The fourth-order valence-electron chi connectivity index (χ4n) is 4.34. The molecule has 0 aromatic carbocycles. The molecular formula is C28H58ClN. The molecule has 0 radical (unpaired) electrons. The van der Waals surface area contributed by atoms with Gasteiger partial charge < -0.3 is 17.3 Å². The Labute approximate surface area is 198 Å². The first kappa shape index (κ1) is 32.2. The van der Waals surface area contributed by atoms with Gasteiger partial charge in [-0.25, -0.2) is 0 Å². The van der Waals surface area contributed by atoms with E-state index in [1.807, 2.05) is 4.90 Å². The Balaban J connectivity index is 0. The molecule has 0 atom stereocenters. The van der Waals surface area contributed by atoms with Gasteiger partial charge in [-0.1, -0.05) is 123 Å². The first-order valence-electron chi connectivity index (χ1n) is 13.8. The topological polar surface area (TPSA) is 4.44 Å². The lowest BCUT2D eigenvalue weighted by Gasteiger charge is -2.18. The number of halogens is 1. The zero-order valence-corrected chi connectivity index (χ0v) is 22.1. The van der Waals surface area contributed by atoms with Crippen LogP contribution >= 0.6 is 0 Å². The van der Waals surface area contributed by atoms with Crippen molar-refractivity contribution in [2.24, 2.45) is 0 Å². The number of hydrogen-bond donors (Lipinski definition) is 1. The largest absolute Gasteiger partial charge is 1.00 e. The van der Waals surface area contributed by atoms with E-state index in [-0.39, 0.29) is 12.4 Å². The molecule has 0 aliphatic heterocycles. The Hall–Kier alpha value is -0.0100. The minimum absolute atomic E-state index is 0. The van der Waals surface area contributed by atoms with Crippen molar-refractivity contribution in [3.8, 4) is 0 Å². The highest BCUT2D eigenvalue weighted by atomic mass is 35.5. The third-order valence-electron chi connectivity index (χ3n) is 6.41. The predicted molar refractivity (Wildman–Crippen MR) is 134 cm³/mol. The summed E-state index contributed by atoms with van der Waals surface area (Å²) < 4.78 is 0. The minimum Gasteiger partial charge on any atom is -1.00 e. The summed E-state index contributed by atoms with van der Waals surface area (Å²) in [5.74, 6) is 0. The van der Waals surface area contributed by atoms with E-state index in [0.717, 1.165) is 0 Å². The van der Waals surface area contributed by atoms with E-state index in [2.05, 4.69) is 32.9 Å². The maximum Gasteiger partial charge on any atom is 0.0957 e. The third kappa shape index (κ3) is 26.0. The molecule has 0 bridgehead atoms. The van der Waals surface area contributed by atoms with E-state index in [1.54, 1.807) is 0 Å². The average Bonchev–Trinajstić information content (AvgIpc) is 2.74. The lowest BCUT2D eigenvalue weighted by Crippen LogP contribution is -3.11. The van der Waals surface area contributed by atoms with Crippen molar-refractivity contribution in [3.63, 3.8) is 0 Å². The second-order valence-electron chi connectivity index (χ2n) is 9.39. The number of nitrogens with one attached hydrogen (secondary N) is 1. The van der Waals surface area contributed by atoms with Crippen LogP contribution in [0.2, 0.25) is 0 Å². The number of hydrogen-bond acceptors (Lipinski definition) is 0. The minimum atomic E-state index is 0. The monoisotopic (exact) mass is 443 g/mol. The first-order chi connectivity index (χ1) is 14.3. The van der Waals surface area contributed by atoms with Crippen LogP contribution in [0.5, 0.6) is 0 Å². The molecule has 0 aromatic rings. The van der Waals surface area contributed by atoms with E-state index < -0.39 is 0 Å². The Morgan fingerprint density at radius 3 is 1.07 bits per heavy atom. The van der Waals surface area contributed by atoms with E-state index >= 15 is 0 Å². The molecule has 0 spiro atoms. The van der Waals surface area contributed by atoms with Gasteiger partial charge in [-0.15, -0.1) is 0 Å². The standard InChI is InChI=1S/C28H57N.ClH/c1-4-7-10-12-14-16-18-20-22-24-27-29(26-9-6-3)28-25-23-21-19-17-15-13-11-8-5-2;/h6,9H,4-5,7-8,10-28H2,1-3H3;1H. The SMILES string of the molecule is CC=CC[NH+](CCCCCCCCCCCC)CCCCCCCCCCCC.[Cl-]. The van der Waals surface area contributed by atoms with Gasteiger partial charge in [0, 0.05) is 0 Å². The molecule has 0 aromatic heterocycles. The number of allylic oxidation sites excluding steroid dienone is 1. The molecule has 0 aliphatic rings. The van der Waals surface area contributed by atoms with Crippen LogP contribution in [0, 0.1) is 0 Å². The highest BCUT2D eigenvalue weighted by Gasteiger charge is 2.06. The summed E-state index contributed by atoms with van der Waals surface area (Å²) in [5, 5.41) is 0.